The number of allylic oxidation sites excluding steroid dienone is 3. The SMILES string of the molecule is COC1=CC(=CN(O)c2ccc(Br)cc2)C=C([N+](=O)[O-])C1=O. The first-order valence-corrected chi connectivity index (χ1v) is 6.83. The Bertz CT molecular complexity index is 706. The van der Waals surface area contributed by atoms with Gasteiger partial charge in [-0.15, -0.1) is 0 Å². The number of hydrogen-bond donors (Lipinski definition) is 1. The molecule has 7 nitrogen and oxygen atoms in total. The van der Waals surface area contributed by atoms with Crippen LogP contribution in [-0.4, -0.2) is 23.0 Å². The van der Waals surface area contributed by atoms with Crippen LogP contribution in [0, 0.1) is 10.1 Å². The number of methoxy groups -OCH3 is 1. The molecular formula is C14H11BrN2O5. The highest BCUT2D eigenvalue weighted by Crippen LogP contribution is 2.22. The van der Waals surface area contributed by atoms with Gasteiger partial charge in [-0.1, -0.05) is 15.9 Å². The molecule has 1 N–H and O–H groups in total. The summed E-state index contributed by atoms with van der Waals surface area (Å²) in [6.45, 7) is 0. The molecule has 0 unspecified atom stereocenters. The van der Waals surface area contributed by atoms with Gasteiger partial charge < -0.3 is 4.74 Å². The molecule has 0 aliphatic heterocycles. The van der Waals surface area contributed by atoms with Crippen LogP contribution in [0.15, 0.2) is 64.1 Å². The van der Waals surface area contributed by atoms with E-state index in [0.29, 0.717) is 5.69 Å². The molecule has 22 heavy (non-hydrogen) atoms. The Morgan fingerprint density at radius 2 is 1.95 bits per heavy atom. The van der Waals surface area contributed by atoms with Crippen LogP contribution in [0.4, 0.5) is 5.69 Å². The molecule has 0 spiro atoms. The number of anilines is 1. The third-order valence-corrected chi connectivity index (χ3v) is 3.37. The van der Waals surface area contributed by atoms with E-state index >= 15 is 0 Å². The molecule has 1 aliphatic carbocycles. The molecule has 0 atom stereocenters. The van der Waals surface area contributed by atoms with Crippen LogP contribution in [-0.2, 0) is 9.53 Å². The molecule has 0 fully saturated rings. The average Bonchev–Trinajstić information content (AvgIpc) is 2.49. The summed E-state index contributed by atoms with van der Waals surface area (Å²) in [7, 11) is 1.25. The number of nitrogens with zero attached hydrogens (tertiary/aromatic N) is 2. The van der Waals surface area contributed by atoms with Gasteiger partial charge >= 0.3 is 5.70 Å². The molecule has 1 aromatic rings. The molecule has 8 heteroatoms. The number of hydroxylamine groups is 1. The Morgan fingerprint density at radius 3 is 2.50 bits per heavy atom. The van der Waals surface area contributed by atoms with Crippen molar-refractivity contribution in [3.8, 4) is 0 Å². The van der Waals surface area contributed by atoms with E-state index in [1.54, 1.807) is 24.3 Å². The summed E-state index contributed by atoms with van der Waals surface area (Å²) in [6, 6.07) is 6.76. The standard InChI is InChI=1S/C14H11BrN2O5/c1-22-13-7-9(6-12(14(13)18)17(20)21)8-16(19)11-4-2-10(15)3-5-11/h2-8,19H,1H3. The highest BCUT2D eigenvalue weighted by atomic mass is 79.9. The Kier molecular flexibility index (Phi) is 4.74. The Labute approximate surface area is 134 Å². The van der Waals surface area contributed by atoms with Crippen LogP contribution in [0.1, 0.15) is 0 Å². The minimum absolute atomic E-state index is 0.162. The number of ether oxygens (including phenoxy) is 1. The monoisotopic (exact) mass is 366 g/mol. The number of ketones is 1. The van der Waals surface area contributed by atoms with Gasteiger partial charge in [0.05, 0.1) is 17.7 Å². The number of Topliss-reactive ketones (excluding diaryl/α,β-unsaturated/α-hetero) is 1. The van der Waals surface area contributed by atoms with Gasteiger partial charge in [0.15, 0.2) is 5.76 Å². The lowest BCUT2D eigenvalue weighted by Gasteiger charge is -2.15. The molecule has 1 aliphatic rings. The van der Waals surface area contributed by atoms with Crippen LogP contribution in [0.2, 0.25) is 0 Å². The normalized spacial score (nSPS) is 16.1. The molecule has 0 bridgehead atoms. The summed E-state index contributed by atoms with van der Waals surface area (Å²) in [6.07, 6.45) is 3.64. The fourth-order valence-electron chi connectivity index (χ4n) is 1.78. The van der Waals surface area contributed by atoms with Gasteiger partial charge in [-0.25, -0.2) is 5.06 Å². The third-order valence-electron chi connectivity index (χ3n) is 2.84. The summed E-state index contributed by atoms with van der Waals surface area (Å²) in [5, 5.41) is 21.7. The summed E-state index contributed by atoms with van der Waals surface area (Å²) in [5.41, 5.74) is 0.0967. The minimum atomic E-state index is -0.808. The van der Waals surface area contributed by atoms with Gasteiger partial charge in [0.1, 0.15) is 0 Å². The number of nitro groups is 1. The van der Waals surface area contributed by atoms with Crippen LogP contribution in [0.5, 0.6) is 0 Å². The predicted molar refractivity (Wildman–Crippen MR) is 81.7 cm³/mol. The molecular weight excluding hydrogens is 356 g/mol. The van der Waals surface area contributed by atoms with Gasteiger partial charge in [-0.05, 0) is 30.3 Å². The molecule has 114 valence electrons. The number of halogens is 1. The van der Waals surface area contributed by atoms with E-state index in [1.807, 2.05) is 0 Å². The van der Waals surface area contributed by atoms with Crippen LogP contribution >= 0.6 is 15.9 Å². The first-order chi connectivity index (χ1) is 10.4. The highest BCUT2D eigenvalue weighted by molar-refractivity contribution is 9.10. The van der Waals surface area contributed by atoms with Crippen molar-refractivity contribution in [1.29, 1.82) is 0 Å². The largest absolute Gasteiger partial charge is 0.492 e. The maximum absolute atomic E-state index is 11.7. The van der Waals surface area contributed by atoms with E-state index in [9.17, 15) is 20.1 Å². The summed E-state index contributed by atoms with van der Waals surface area (Å²) in [4.78, 5) is 21.8. The molecule has 0 saturated carbocycles. The van der Waals surface area contributed by atoms with Gasteiger partial charge in [-0.2, -0.15) is 0 Å². The minimum Gasteiger partial charge on any atom is -0.492 e. The second kappa shape index (κ2) is 6.54. The van der Waals surface area contributed by atoms with Crippen molar-refractivity contribution in [3.05, 3.63) is 74.2 Å². The average molecular weight is 367 g/mol. The van der Waals surface area contributed by atoms with Crippen molar-refractivity contribution in [2.45, 2.75) is 0 Å². The van der Waals surface area contributed by atoms with Gasteiger partial charge in [0.2, 0.25) is 0 Å². The van der Waals surface area contributed by atoms with Crippen molar-refractivity contribution in [2.24, 2.45) is 0 Å². The summed E-state index contributed by atoms with van der Waals surface area (Å²) in [5.74, 6) is -0.970. The molecule has 0 heterocycles. The second-order valence-electron chi connectivity index (χ2n) is 4.28. The first kappa shape index (κ1) is 15.9. The van der Waals surface area contributed by atoms with Crippen molar-refractivity contribution < 1.29 is 19.7 Å². The van der Waals surface area contributed by atoms with E-state index in [-0.39, 0.29) is 11.3 Å². The van der Waals surface area contributed by atoms with E-state index in [2.05, 4.69) is 15.9 Å². The lowest BCUT2D eigenvalue weighted by Crippen LogP contribution is -2.19. The Balaban J connectivity index is 2.36. The Hall–Kier alpha value is -2.45. The fourth-order valence-corrected chi connectivity index (χ4v) is 2.04. The molecule has 0 saturated heterocycles. The topological polar surface area (TPSA) is 92.9 Å². The van der Waals surface area contributed by atoms with Crippen molar-refractivity contribution in [1.82, 2.24) is 0 Å². The molecule has 2 rings (SSSR count). The Morgan fingerprint density at radius 1 is 1.32 bits per heavy atom. The van der Waals surface area contributed by atoms with Gasteiger partial charge in [0, 0.05) is 22.3 Å². The van der Waals surface area contributed by atoms with E-state index in [1.165, 1.54) is 19.4 Å². The molecule has 0 aromatic heterocycles. The highest BCUT2D eigenvalue weighted by Gasteiger charge is 2.30. The smallest absolute Gasteiger partial charge is 0.320 e. The van der Waals surface area contributed by atoms with Crippen LogP contribution < -0.4 is 5.06 Å². The summed E-state index contributed by atoms with van der Waals surface area (Å²) >= 11 is 3.28. The van der Waals surface area contributed by atoms with Crippen molar-refractivity contribution in [3.63, 3.8) is 0 Å². The van der Waals surface area contributed by atoms with E-state index < -0.39 is 16.4 Å². The molecule has 1 aromatic carbocycles. The number of benzene rings is 1. The lowest BCUT2D eigenvalue weighted by molar-refractivity contribution is -0.418. The molecule has 0 radical (unpaired) electrons. The van der Waals surface area contributed by atoms with E-state index in [4.69, 9.17) is 4.74 Å². The van der Waals surface area contributed by atoms with E-state index in [0.717, 1.165) is 15.6 Å². The lowest BCUT2D eigenvalue weighted by atomic mass is 10.1. The van der Waals surface area contributed by atoms with Crippen molar-refractivity contribution >= 4 is 27.4 Å². The first-order valence-electron chi connectivity index (χ1n) is 6.04. The summed E-state index contributed by atoms with van der Waals surface area (Å²) < 4.78 is 5.68. The van der Waals surface area contributed by atoms with Crippen molar-refractivity contribution in [2.75, 3.05) is 12.2 Å². The zero-order chi connectivity index (χ0) is 16.3. The quantitative estimate of drug-likeness (QED) is 0.650. The third kappa shape index (κ3) is 3.41. The zero-order valence-corrected chi connectivity index (χ0v) is 13.0. The molecule has 0 amide bonds. The zero-order valence-electron chi connectivity index (χ0n) is 11.4. The number of rotatable bonds is 4. The number of hydrogen-bond acceptors (Lipinski definition) is 6. The second-order valence-corrected chi connectivity index (χ2v) is 5.19. The van der Waals surface area contributed by atoms with Gasteiger partial charge in [0.25, 0.3) is 5.78 Å². The van der Waals surface area contributed by atoms with Gasteiger partial charge in [-0.3, -0.25) is 20.1 Å². The number of carbonyl (C=O) groups is 1. The van der Waals surface area contributed by atoms with Crippen LogP contribution in [0.3, 0.4) is 0 Å². The number of carbonyl (C=O) groups excluding carboxylic acids is 1. The predicted octanol–water partition coefficient (Wildman–Crippen LogP) is 2.80. The maximum atomic E-state index is 11.7. The fraction of sp³-hybridized carbons (Fsp3) is 0.0714. The maximum Gasteiger partial charge on any atom is 0.320 e. The van der Waals surface area contributed by atoms with Crippen LogP contribution in [0.25, 0.3) is 0 Å².